The largest absolute Gasteiger partial charge is 0.480 e. The Bertz CT molecular complexity index is 213. The molecule has 0 aromatic carbocycles. The van der Waals surface area contributed by atoms with Crippen LogP contribution < -0.4 is 5.73 Å². The number of carbonyl (C=O) groups is 2. The molecule has 0 amide bonds. The zero-order valence-corrected chi connectivity index (χ0v) is 6.74. The molecule has 0 saturated carbocycles. The Morgan fingerprint density at radius 1 is 1.75 bits per heavy atom. The van der Waals surface area contributed by atoms with E-state index in [1.54, 1.807) is 0 Å². The number of nitrogens with two attached hydrogens (primary N) is 1. The van der Waals surface area contributed by atoms with Gasteiger partial charge in [0.25, 0.3) is 0 Å². The van der Waals surface area contributed by atoms with E-state index >= 15 is 0 Å². The van der Waals surface area contributed by atoms with E-state index in [0.29, 0.717) is 0 Å². The quantitative estimate of drug-likeness (QED) is 0.442. The lowest BCUT2D eigenvalue weighted by Gasteiger charge is -2.17. The van der Waals surface area contributed by atoms with Gasteiger partial charge in [-0.2, -0.15) is 0 Å². The molecule has 0 aliphatic heterocycles. The molecule has 0 aromatic heterocycles. The smallest absolute Gasteiger partial charge is 0.328 e. The predicted octanol–water partition coefficient (Wildman–Crippen LogP) is -0.482. The Hall–Kier alpha value is -1.36. The monoisotopic (exact) mass is 173 g/mol. The van der Waals surface area contributed by atoms with Gasteiger partial charge in [-0.15, -0.1) is 6.58 Å². The molecule has 3 N–H and O–H groups in total. The molecule has 1 atom stereocenters. The summed E-state index contributed by atoms with van der Waals surface area (Å²) in [6.07, 6.45) is 0.592. The second kappa shape index (κ2) is 3.87. The van der Waals surface area contributed by atoms with Crippen molar-refractivity contribution in [2.45, 2.75) is 12.0 Å². The van der Waals surface area contributed by atoms with Crippen molar-refractivity contribution in [3.05, 3.63) is 12.7 Å². The molecule has 12 heavy (non-hydrogen) atoms. The van der Waals surface area contributed by atoms with Gasteiger partial charge in [0.05, 0.1) is 13.5 Å². The van der Waals surface area contributed by atoms with Crippen molar-refractivity contribution >= 4 is 11.9 Å². The third kappa shape index (κ3) is 2.35. The van der Waals surface area contributed by atoms with E-state index in [0.717, 1.165) is 13.2 Å². The standard InChI is InChI=1S/C7H11NO4/c1-3-7(8,6(10)11)4-5(9)12-2/h3H,1,4,8H2,2H3,(H,10,11)/t7-/m0/s1. The van der Waals surface area contributed by atoms with Crippen LogP contribution in [0.4, 0.5) is 0 Å². The van der Waals surface area contributed by atoms with Crippen molar-refractivity contribution < 1.29 is 19.4 Å². The summed E-state index contributed by atoms with van der Waals surface area (Å²) in [7, 11) is 1.16. The van der Waals surface area contributed by atoms with Crippen LogP contribution in [0.15, 0.2) is 12.7 Å². The van der Waals surface area contributed by atoms with Gasteiger partial charge in [-0.25, -0.2) is 4.79 Å². The number of carboxylic acid groups (broad SMARTS) is 1. The van der Waals surface area contributed by atoms with Gasteiger partial charge < -0.3 is 15.6 Å². The van der Waals surface area contributed by atoms with Crippen molar-refractivity contribution in [3.63, 3.8) is 0 Å². The van der Waals surface area contributed by atoms with Gasteiger partial charge in [0.1, 0.15) is 5.54 Å². The Morgan fingerprint density at radius 3 is 2.50 bits per heavy atom. The Balaban J connectivity index is 4.45. The lowest BCUT2D eigenvalue weighted by molar-refractivity contribution is -0.149. The van der Waals surface area contributed by atoms with Gasteiger partial charge in [-0.05, 0) is 0 Å². The Labute approximate surface area is 69.8 Å². The number of carbonyl (C=O) groups excluding carboxylic acids is 1. The maximum Gasteiger partial charge on any atom is 0.328 e. The summed E-state index contributed by atoms with van der Waals surface area (Å²) in [5.41, 5.74) is 3.57. The van der Waals surface area contributed by atoms with Crippen LogP contribution in [0.5, 0.6) is 0 Å². The van der Waals surface area contributed by atoms with Crippen LogP contribution in [0.1, 0.15) is 6.42 Å². The van der Waals surface area contributed by atoms with Crippen molar-refractivity contribution in [2.75, 3.05) is 7.11 Å². The van der Waals surface area contributed by atoms with Crippen molar-refractivity contribution in [1.82, 2.24) is 0 Å². The summed E-state index contributed by atoms with van der Waals surface area (Å²) in [4.78, 5) is 21.2. The fourth-order valence-electron chi connectivity index (χ4n) is 0.546. The molecule has 68 valence electrons. The zero-order valence-electron chi connectivity index (χ0n) is 6.74. The van der Waals surface area contributed by atoms with Crippen LogP contribution in [-0.4, -0.2) is 29.7 Å². The number of methoxy groups -OCH3 is 1. The number of carboxylic acids is 1. The molecule has 0 saturated heterocycles. The molecule has 5 heteroatoms. The average Bonchev–Trinajstić information content (AvgIpc) is 2.03. The van der Waals surface area contributed by atoms with Gasteiger partial charge in [-0.1, -0.05) is 6.08 Å². The molecule has 0 fully saturated rings. The second-order valence-electron chi connectivity index (χ2n) is 2.30. The van der Waals surface area contributed by atoms with Crippen molar-refractivity contribution in [2.24, 2.45) is 5.73 Å². The lowest BCUT2D eigenvalue weighted by atomic mass is 9.97. The van der Waals surface area contributed by atoms with Crippen LogP contribution in [0.25, 0.3) is 0 Å². The predicted molar refractivity (Wildman–Crippen MR) is 41.4 cm³/mol. The molecule has 5 nitrogen and oxygen atoms in total. The molecule has 0 rings (SSSR count). The highest BCUT2D eigenvalue weighted by Crippen LogP contribution is 2.08. The maximum absolute atomic E-state index is 10.7. The summed E-state index contributed by atoms with van der Waals surface area (Å²) in [5, 5.41) is 8.57. The van der Waals surface area contributed by atoms with Gasteiger partial charge in [0, 0.05) is 0 Å². The number of hydrogen-bond donors (Lipinski definition) is 2. The zero-order chi connectivity index (χ0) is 9.78. The maximum atomic E-state index is 10.7. The molecule has 0 aromatic rings. The summed E-state index contributed by atoms with van der Waals surface area (Å²) >= 11 is 0. The molecule has 0 spiro atoms. The molecule has 0 heterocycles. The van der Waals surface area contributed by atoms with Crippen LogP contribution in [0.3, 0.4) is 0 Å². The van der Waals surface area contributed by atoms with Crippen LogP contribution in [0, 0.1) is 0 Å². The van der Waals surface area contributed by atoms with E-state index in [-0.39, 0.29) is 0 Å². The summed E-state index contributed by atoms with van der Waals surface area (Å²) in [6, 6.07) is 0. The third-order valence-corrected chi connectivity index (χ3v) is 1.43. The van der Waals surface area contributed by atoms with Crippen molar-refractivity contribution in [1.29, 1.82) is 0 Å². The van der Waals surface area contributed by atoms with E-state index in [2.05, 4.69) is 11.3 Å². The lowest BCUT2D eigenvalue weighted by Crippen LogP contribution is -2.47. The number of esters is 1. The van der Waals surface area contributed by atoms with Crippen LogP contribution in [-0.2, 0) is 14.3 Å². The van der Waals surface area contributed by atoms with Gasteiger partial charge >= 0.3 is 11.9 Å². The van der Waals surface area contributed by atoms with Gasteiger partial charge in [0.2, 0.25) is 0 Å². The van der Waals surface area contributed by atoms with E-state index in [1.165, 1.54) is 0 Å². The van der Waals surface area contributed by atoms with E-state index in [9.17, 15) is 9.59 Å². The van der Waals surface area contributed by atoms with E-state index in [1.807, 2.05) is 0 Å². The molecule has 0 aliphatic carbocycles. The first-order valence-corrected chi connectivity index (χ1v) is 3.19. The normalized spacial score (nSPS) is 14.5. The third-order valence-electron chi connectivity index (χ3n) is 1.43. The molecular formula is C7H11NO4. The minimum atomic E-state index is -1.73. The molecule has 0 bridgehead atoms. The average molecular weight is 173 g/mol. The Morgan fingerprint density at radius 2 is 2.25 bits per heavy atom. The first-order valence-electron chi connectivity index (χ1n) is 3.19. The summed E-state index contributed by atoms with van der Waals surface area (Å²) in [6.45, 7) is 3.23. The highest BCUT2D eigenvalue weighted by molar-refractivity contribution is 5.87. The fourth-order valence-corrected chi connectivity index (χ4v) is 0.546. The number of rotatable bonds is 4. The summed E-state index contributed by atoms with van der Waals surface area (Å²) < 4.78 is 4.27. The van der Waals surface area contributed by atoms with E-state index < -0.39 is 23.9 Å². The minimum absolute atomic E-state index is 0.414. The number of hydrogen-bond acceptors (Lipinski definition) is 4. The molecule has 0 radical (unpaired) electrons. The fraction of sp³-hybridized carbons (Fsp3) is 0.429. The molecular weight excluding hydrogens is 162 g/mol. The van der Waals surface area contributed by atoms with Gasteiger partial charge in [0.15, 0.2) is 0 Å². The van der Waals surface area contributed by atoms with Crippen LogP contribution in [0.2, 0.25) is 0 Å². The highest BCUT2D eigenvalue weighted by atomic mass is 16.5. The molecule has 0 unspecified atom stereocenters. The van der Waals surface area contributed by atoms with Gasteiger partial charge in [-0.3, -0.25) is 4.79 Å². The topological polar surface area (TPSA) is 89.6 Å². The molecule has 0 aliphatic rings. The number of aliphatic carboxylic acids is 1. The van der Waals surface area contributed by atoms with Crippen LogP contribution >= 0.6 is 0 Å². The first-order chi connectivity index (χ1) is 5.46. The van der Waals surface area contributed by atoms with E-state index in [4.69, 9.17) is 10.8 Å². The first kappa shape index (κ1) is 10.6. The SMILES string of the molecule is C=C[C@](N)(CC(=O)OC)C(=O)O. The minimum Gasteiger partial charge on any atom is -0.480 e. The summed E-state index contributed by atoms with van der Waals surface area (Å²) in [5.74, 6) is -1.98. The highest BCUT2D eigenvalue weighted by Gasteiger charge is 2.33. The number of ether oxygens (including phenoxy) is 1. The second-order valence-corrected chi connectivity index (χ2v) is 2.30. The van der Waals surface area contributed by atoms with Crippen molar-refractivity contribution in [3.8, 4) is 0 Å². The Kier molecular flexibility index (Phi) is 3.43.